The number of aryl methyl sites for hydroxylation is 1. The van der Waals surface area contributed by atoms with Crippen molar-refractivity contribution in [1.29, 1.82) is 0 Å². The van der Waals surface area contributed by atoms with Gasteiger partial charge in [0.2, 0.25) is 0 Å². The van der Waals surface area contributed by atoms with Gasteiger partial charge in [0.25, 0.3) is 0 Å². The molecule has 0 nitrogen and oxygen atoms in total. The van der Waals surface area contributed by atoms with Crippen LogP contribution in [0.5, 0.6) is 0 Å². The van der Waals surface area contributed by atoms with Crippen LogP contribution in [0.15, 0.2) is 48.5 Å². The Morgan fingerprint density at radius 3 is 1.86 bits per heavy atom. The molecule has 3 rings (SSSR count). The summed E-state index contributed by atoms with van der Waals surface area (Å²) in [6.07, 6.45) is 14.9. The van der Waals surface area contributed by atoms with Crippen molar-refractivity contribution in [2.75, 3.05) is 0 Å². The van der Waals surface area contributed by atoms with Gasteiger partial charge in [0.1, 0.15) is 0 Å². The molecule has 0 heteroatoms. The first-order valence-corrected chi connectivity index (χ1v) is 12.0. The molecule has 0 amide bonds. The molecule has 0 N–H and O–H groups in total. The lowest BCUT2D eigenvalue weighted by molar-refractivity contribution is 0.303. The lowest BCUT2D eigenvalue weighted by Crippen LogP contribution is -2.13. The summed E-state index contributed by atoms with van der Waals surface area (Å²) in [6.45, 7) is 4.54. The van der Waals surface area contributed by atoms with Gasteiger partial charge in [-0.2, -0.15) is 0 Å². The fourth-order valence-corrected chi connectivity index (χ4v) is 4.59. The molecule has 0 radical (unpaired) electrons. The van der Waals surface area contributed by atoms with E-state index >= 15 is 0 Å². The molecule has 0 aliphatic heterocycles. The van der Waals surface area contributed by atoms with Crippen molar-refractivity contribution in [3.05, 3.63) is 70.8 Å². The van der Waals surface area contributed by atoms with E-state index in [-0.39, 0.29) is 0 Å². The van der Waals surface area contributed by atoms with Crippen molar-refractivity contribution >= 4 is 0 Å². The van der Waals surface area contributed by atoms with Crippen LogP contribution >= 0.6 is 0 Å². The molecular weight excluding hydrogens is 348 g/mol. The molecule has 2 aromatic carbocycles. The topological polar surface area (TPSA) is 0 Å². The molecule has 1 aliphatic carbocycles. The quantitative estimate of drug-likeness (QED) is 0.316. The van der Waals surface area contributed by atoms with Crippen molar-refractivity contribution in [3.63, 3.8) is 0 Å². The Balaban J connectivity index is 1.50. The van der Waals surface area contributed by atoms with E-state index in [1.807, 2.05) is 0 Å². The summed E-state index contributed by atoms with van der Waals surface area (Å²) in [6, 6.07) is 17.8. The second-order valence-electron chi connectivity index (χ2n) is 8.89. The van der Waals surface area contributed by atoms with Gasteiger partial charge in [-0.25, -0.2) is 0 Å². The summed E-state index contributed by atoms with van der Waals surface area (Å²) < 4.78 is 0. The van der Waals surface area contributed by atoms with Gasteiger partial charge in [-0.3, -0.25) is 0 Å². The van der Waals surface area contributed by atoms with E-state index < -0.39 is 0 Å². The lowest BCUT2D eigenvalue weighted by Gasteiger charge is -2.29. The molecule has 154 valence electrons. The molecule has 0 spiro atoms. The maximum absolute atomic E-state index is 3.34. The van der Waals surface area contributed by atoms with Crippen LogP contribution in [0.4, 0.5) is 0 Å². The predicted molar refractivity (Wildman–Crippen MR) is 126 cm³/mol. The minimum absolute atomic E-state index is 0.759. The van der Waals surface area contributed by atoms with E-state index in [0.717, 1.165) is 23.0 Å². The highest BCUT2D eigenvalue weighted by atomic mass is 14.3. The van der Waals surface area contributed by atoms with Gasteiger partial charge in [-0.05, 0) is 85.8 Å². The minimum atomic E-state index is 0.759. The molecule has 1 aliphatic rings. The third kappa shape index (κ3) is 7.08. The molecule has 29 heavy (non-hydrogen) atoms. The van der Waals surface area contributed by atoms with Crippen LogP contribution in [0.3, 0.4) is 0 Å². The maximum atomic E-state index is 3.34. The number of rotatable bonds is 8. The van der Waals surface area contributed by atoms with Crippen LogP contribution in [-0.4, -0.2) is 0 Å². The molecule has 1 fully saturated rings. The van der Waals surface area contributed by atoms with Gasteiger partial charge in [0.15, 0.2) is 0 Å². The van der Waals surface area contributed by atoms with Crippen molar-refractivity contribution in [2.24, 2.45) is 5.92 Å². The summed E-state index contributed by atoms with van der Waals surface area (Å²) in [5.41, 5.74) is 5.16. The van der Waals surface area contributed by atoms with Crippen molar-refractivity contribution < 1.29 is 0 Å². The third-order valence-corrected chi connectivity index (χ3v) is 6.57. The fourth-order valence-electron chi connectivity index (χ4n) is 4.59. The molecule has 0 bridgehead atoms. The Hall–Kier alpha value is -2.00. The molecular formula is C29H38. The SMILES string of the molecule is CCCCCC1CCC(c2ccc(C#Cc3ccc(CCCC)cc3)cc2)CC1. The molecule has 1 saturated carbocycles. The van der Waals surface area contributed by atoms with Crippen molar-refractivity contribution in [1.82, 2.24) is 0 Å². The monoisotopic (exact) mass is 386 g/mol. The first-order chi connectivity index (χ1) is 14.3. The van der Waals surface area contributed by atoms with Gasteiger partial charge in [-0.15, -0.1) is 0 Å². The van der Waals surface area contributed by atoms with E-state index in [1.54, 1.807) is 0 Å². The molecule has 0 atom stereocenters. The van der Waals surface area contributed by atoms with Crippen LogP contribution in [0.2, 0.25) is 0 Å². The van der Waals surface area contributed by atoms with Crippen LogP contribution in [0.1, 0.15) is 106 Å². The Bertz CT molecular complexity index is 762. The van der Waals surface area contributed by atoms with Gasteiger partial charge in [-0.1, -0.05) is 82.1 Å². The van der Waals surface area contributed by atoms with Gasteiger partial charge in [0, 0.05) is 11.1 Å². The van der Waals surface area contributed by atoms with Gasteiger partial charge in [0.05, 0.1) is 0 Å². The lowest BCUT2D eigenvalue weighted by atomic mass is 9.77. The van der Waals surface area contributed by atoms with Gasteiger partial charge < -0.3 is 0 Å². The summed E-state index contributed by atoms with van der Waals surface area (Å²) in [5.74, 6) is 8.40. The average Bonchev–Trinajstić information content (AvgIpc) is 2.78. The number of hydrogen-bond acceptors (Lipinski definition) is 0. The smallest absolute Gasteiger partial charge is 0.0249 e. The summed E-state index contributed by atoms with van der Waals surface area (Å²) in [7, 11) is 0. The third-order valence-electron chi connectivity index (χ3n) is 6.57. The van der Waals surface area contributed by atoms with E-state index in [2.05, 4.69) is 74.2 Å². The van der Waals surface area contributed by atoms with Crippen LogP contribution in [-0.2, 0) is 6.42 Å². The van der Waals surface area contributed by atoms with Crippen LogP contribution in [0, 0.1) is 17.8 Å². The standard InChI is InChI=1S/C29H38/c1-3-5-7-9-25-16-20-28(21-17-25)29-22-18-27(19-23-29)15-14-26-12-10-24(11-13-26)8-6-4-2/h10-13,18-19,22-23,25,28H,3-9,16-17,20-21H2,1-2H3. The molecule has 0 unspecified atom stereocenters. The summed E-state index contributed by atoms with van der Waals surface area (Å²) in [5, 5.41) is 0. The Labute approximate surface area is 179 Å². The highest BCUT2D eigenvalue weighted by Gasteiger charge is 2.21. The summed E-state index contributed by atoms with van der Waals surface area (Å²) in [4.78, 5) is 0. The van der Waals surface area contributed by atoms with E-state index in [0.29, 0.717) is 0 Å². The molecule has 2 aromatic rings. The zero-order chi connectivity index (χ0) is 20.3. The summed E-state index contributed by atoms with van der Waals surface area (Å²) >= 11 is 0. The molecule has 0 aromatic heterocycles. The maximum Gasteiger partial charge on any atom is 0.0249 e. The normalized spacial score (nSPS) is 18.8. The van der Waals surface area contributed by atoms with Gasteiger partial charge >= 0.3 is 0 Å². The number of unbranched alkanes of at least 4 members (excludes halogenated alkanes) is 3. The number of hydrogen-bond donors (Lipinski definition) is 0. The van der Waals surface area contributed by atoms with Crippen LogP contribution in [0.25, 0.3) is 0 Å². The largest absolute Gasteiger partial charge is 0.0654 e. The Morgan fingerprint density at radius 1 is 0.690 bits per heavy atom. The van der Waals surface area contributed by atoms with E-state index in [4.69, 9.17) is 0 Å². The van der Waals surface area contributed by atoms with E-state index in [1.165, 1.54) is 81.8 Å². The second kappa shape index (κ2) is 11.9. The second-order valence-corrected chi connectivity index (χ2v) is 8.89. The first kappa shape index (κ1) is 21.7. The molecule has 0 heterocycles. The zero-order valence-electron chi connectivity index (χ0n) is 18.6. The highest BCUT2D eigenvalue weighted by Crippen LogP contribution is 2.37. The molecule has 0 saturated heterocycles. The number of benzene rings is 2. The fraction of sp³-hybridized carbons (Fsp3) is 0.517. The zero-order valence-corrected chi connectivity index (χ0v) is 18.6. The van der Waals surface area contributed by atoms with E-state index in [9.17, 15) is 0 Å². The van der Waals surface area contributed by atoms with Crippen LogP contribution < -0.4 is 0 Å². The first-order valence-electron chi connectivity index (χ1n) is 12.0. The predicted octanol–water partition coefficient (Wildman–Crippen LogP) is 8.28. The Kier molecular flexibility index (Phi) is 8.88. The Morgan fingerprint density at radius 2 is 1.28 bits per heavy atom. The van der Waals surface area contributed by atoms with Crippen molar-refractivity contribution in [3.8, 4) is 11.8 Å². The highest BCUT2D eigenvalue weighted by molar-refractivity contribution is 5.44. The minimum Gasteiger partial charge on any atom is -0.0654 e. The average molecular weight is 387 g/mol. The van der Waals surface area contributed by atoms with Crippen molar-refractivity contribution in [2.45, 2.75) is 90.4 Å².